The first-order valence-electron chi connectivity index (χ1n) is 35.9. The third-order valence-electron chi connectivity index (χ3n) is 16.0. The van der Waals surface area contributed by atoms with E-state index in [0.29, 0.717) is 19.3 Å². The van der Waals surface area contributed by atoms with Gasteiger partial charge in [-0.1, -0.05) is 357 Å². The van der Waals surface area contributed by atoms with Crippen molar-refractivity contribution in [2.45, 2.75) is 380 Å². The Hall–Kier alpha value is -3.15. The number of ether oxygens (including phenoxy) is 3. The van der Waals surface area contributed by atoms with E-state index in [1.54, 1.807) is 0 Å². The summed E-state index contributed by atoms with van der Waals surface area (Å²) >= 11 is 0. The zero-order chi connectivity index (χ0) is 59.2. The highest BCUT2D eigenvalue weighted by Crippen LogP contribution is 2.18. The summed E-state index contributed by atoms with van der Waals surface area (Å²) in [5, 5.41) is 0. The second kappa shape index (κ2) is 70.3. The molecule has 0 bridgehead atoms. The molecule has 0 N–H and O–H groups in total. The van der Waals surface area contributed by atoms with Crippen LogP contribution in [0.1, 0.15) is 374 Å². The fraction of sp³-hybridized carbons (Fsp3) is 0.803. The maximum Gasteiger partial charge on any atom is 0.306 e. The van der Waals surface area contributed by atoms with E-state index >= 15 is 0 Å². The third kappa shape index (κ3) is 67.6. The molecule has 0 saturated heterocycles. The van der Waals surface area contributed by atoms with E-state index in [9.17, 15) is 14.4 Å². The normalized spacial score (nSPS) is 12.5. The monoisotopic (exact) mass is 1150 g/mol. The van der Waals surface area contributed by atoms with E-state index in [1.807, 2.05) is 0 Å². The molecule has 0 amide bonds. The lowest BCUT2D eigenvalue weighted by molar-refractivity contribution is -0.167. The average Bonchev–Trinajstić information content (AvgIpc) is 3.48. The molecule has 0 aromatic rings. The fourth-order valence-electron chi connectivity index (χ4n) is 10.6. The quantitative estimate of drug-likeness (QED) is 0.0261. The van der Waals surface area contributed by atoms with Crippen LogP contribution in [-0.2, 0) is 28.6 Å². The van der Waals surface area contributed by atoms with Gasteiger partial charge in [0.15, 0.2) is 6.10 Å². The van der Waals surface area contributed by atoms with Gasteiger partial charge in [0.2, 0.25) is 0 Å². The van der Waals surface area contributed by atoms with E-state index in [0.717, 1.165) is 96.3 Å². The number of hydrogen-bond acceptors (Lipinski definition) is 6. The number of carbonyl (C=O) groups excluding carboxylic acids is 3. The average molecular weight is 1150 g/mol. The summed E-state index contributed by atoms with van der Waals surface area (Å²) in [6.45, 7) is 6.57. The predicted octanol–water partition coefficient (Wildman–Crippen LogP) is 24.8. The molecule has 0 rings (SSSR count). The molecule has 0 aliphatic carbocycles. The molecule has 0 saturated carbocycles. The van der Waals surface area contributed by atoms with Gasteiger partial charge in [0.05, 0.1) is 0 Å². The van der Waals surface area contributed by atoms with E-state index in [2.05, 4.69) is 93.7 Å². The number of allylic oxidation sites excluding steroid dienone is 12. The molecule has 0 aromatic carbocycles. The van der Waals surface area contributed by atoms with Crippen LogP contribution in [0.3, 0.4) is 0 Å². The predicted molar refractivity (Wildman–Crippen MR) is 358 cm³/mol. The maximum absolute atomic E-state index is 12.9. The van der Waals surface area contributed by atoms with Crippen LogP contribution in [-0.4, -0.2) is 37.2 Å². The first-order chi connectivity index (χ1) is 40.5. The second-order valence-electron chi connectivity index (χ2n) is 24.1. The molecule has 6 nitrogen and oxygen atoms in total. The lowest BCUT2D eigenvalue weighted by atomic mass is 10.0. The van der Waals surface area contributed by atoms with Crippen molar-refractivity contribution in [1.29, 1.82) is 0 Å². The molecule has 0 fully saturated rings. The molecule has 82 heavy (non-hydrogen) atoms. The zero-order valence-corrected chi connectivity index (χ0v) is 54.8. The molecule has 1 atom stereocenters. The summed E-state index contributed by atoms with van der Waals surface area (Å²) in [7, 11) is 0. The fourth-order valence-corrected chi connectivity index (χ4v) is 10.6. The van der Waals surface area contributed by atoms with Crippen molar-refractivity contribution in [3.8, 4) is 0 Å². The van der Waals surface area contributed by atoms with Crippen molar-refractivity contribution in [3.05, 3.63) is 72.9 Å². The first kappa shape index (κ1) is 78.8. The summed E-state index contributed by atoms with van der Waals surface area (Å²) in [4.78, 5) is 38.3. The van der Waals surface area contributed by atoms with Crippen molar-refractivity contribution in [1.82, 2.24) is 0 Å². The number of rotatable bonds is 66. The van der Waals surface area contributed by atoms with Crippen LogP contribution in [0.15, 0.2) is 72.9 Å². The zero-order valence-electron chi connectivity index (χ0n) is 54.8. The molecule has 0 aromatic heterocycles. The van der Waals surface area contributed by atoms with Crippen LogP contribution in [0.5, 0.6) is 0 Å². The van der Waals surface area contributed by atoms with Crippen LogP contribution in [0, 0.1) is 0 Å². The van der Waals surface area contributed by atoms with Crippen LogP contribution in [0.4, 0.5) is 0 Å². The Morgan fingerprint density at radius 1 is 0.256 bits per heavy atom. The van der Waals surface area contributed by atoms with Crippen LogP contribution in [0.25, 0.3) is 0 Å². The van der Waals surface area contributed by atoms with Gasteiger partial charge in [-0.15, -0.1) is 0 Å². The van der Waals surface area contributed by atoms with Gasteiger partial charge < -0.3 is 14.2 Å². The highest BCUT2D eigenvalue weighted by Gasteiger charge is 2.19. The SMILES string of the molecule is CC/C=C\C/C=C\C/C=C\C/C=C\C/C=C\C/C=C\CCCCCCCCCCCCCCC(=O)OCC(COC(=O)CCCCCCCCCCC)OC(=O)CCCCCCCCCCCCCCCCCCCCCCCCCC. The van der Waals surface area contributed by atoms with Gasteiger partial charge in [0.25, 0.3) is 0 Å². The highest BCUT2D eigenvalue weighted by molar-refractivity contribution is 5.71. The number of unbranched alkanes of at least 4 members (excludes halogenated alkanes) is 43. The summed E-state index contributed by atoms with van der Waals surface area (Å²) in [6, 6.07) is 0. The van der Waals surface area contributed by atoms with Crippen LogP contribution >= 0.6 is 0 Å². The van der Waals surface area contributed by atoms with Crippen molar-refractivity contribution < 1.29 is 28.6 Å². The lowest BCUT2D eigenvalue weighted by Crippen LogP contribution is -2.30. The minimum atomic E-state index is -0.772. The van der Waals surface area contributed by atoms with Gasteiger partial charge in [-0.3, -0.25) is 14.4 Å². The topological polar surface area (TPSA) is 78.9 Å². The number of esters is 3. The molecular formula is C76H136O6. The molecule has 6 heteroatoms. The van der Waals surface area contributed by atoms with Crippen molar-refractivity contribution in [3.63, 3.8) is 0 Å². The first-order valence-corrected chi connectivity index (χ1v) is 35.9. The minimum Gasteiger partial charge on any atom is -0.462 e. The standard InChI is InChI=1S/C76H136O6/c1-4-7-10-13-16-19-21-23-25-27-29-31-33-35-36-37-38-39-40-41-43-44-46-48-50-52-54-57-60-63-66-69-75(78)81-72-73(71-80-74(77)68-65-62-59-56-18-15-12-9-6-3)82-76(79)70-67-64-61-58-55-53-51-49-47-45-42-34-32-30-28-26-24-22-20-17-14-11-8-5-2/h7,10,16,19,23,25,29,31,35-36,38-39,73H,4-6,8-9,11-15,17-18,20-22,24,26-28,30,32-34,37,40-72H2,1-3H3/b10-7-,19-16-,25-23-,31-29-,36-35-,39-38-. The Bertz CT molecular complexity index is 1500. The Balaban J connectivity index is 4.12. The molecule has 0 radical (unpaired) electrons. The van der Waals surface area contributed by atoms with E-state index < -0.39 is 6.10 Å². The van der Waals surface area contributed by atoms with Gasteiger partial charge in [-0.2, -0.15) is 0 Å². The van der Waals surface area contributed by atoms with Crippen molar-refractivity contribution in [2.24, 2.45) is 0 Å². The van der Waals surface area contributed by atoms with Gasteiger partial charge >= 0.3 is 17.9 Å². The summed E-state index contributed by atoms with van der Waals surface area (Å²) in [5.41, 5.74) is 0. The molecule has 476 valence electrons. The Labute approximate surface area is 510 Å². The van der Waals surface area contributed by atoms with Gasteiger partial charge in [0, 0.05) is 19.3 Å². The summed E-state index contributed by atoms with van der Waals surface area (Å²) in [6.07, 6.45) is 92.4. The highest BCUT2D eigenvalue weighted by atomic mass is 16.6. The largest absolute Gasteiger partial charge is 0.462 e. The van der Waals surface area contributed by atoms with Gasteiger partial charge in [-0.25, -0.2) is 0 Å². The minimum absolute atomic E-state index is 0.0697. The summed E-state index contributed by atoms with van der Waals surface area (Å²) in [5.74, 6) is -0.851. The molecule has 0 aliphatic heterocycles. The van der Waals surface area contributed by atoms with Gasteiger partial charge in [-0.05, 0) is 70.6 Å². The summed E-state index contributed by atoms with van der Waals surface area (Å²) < 4.78 is 16.9. The molecular weight excluding hydrogens is 1010 g/mol. The van der Waals surface area contributed by atoms with Crippen LogP contribution in [0.2, 0.25) is 0 Å². The molecule has 1 unspecified atom stereocenters. The smallest absolute Gasteiger partial charge is 0.306 e. The van der Waals surface area contributed by atoms with E-state index in [4.69, 9.17) is 14.2 Å². The second-order valence-corrected chi connectivity index (χ2v) is 24.1. The molecule has 0 aliphatic rings. The van der Waals surface area contributed by atoms with Crippen molar-refractivity contribution in [2.75, 3.05) is 13.2 Å². The van der Waals surface area contributed by atoms with Crippen molar-refractivity contribution >= 4 is 17.9 Å². The molecule has 0 heterocycles. The third-order valence-corrected chi connectivity index (χ3v) is 16.0. The van der Waals surface area contributed by atoms with E-state index in [1.165, 1.54) is 238 Å². The maximum atomic E-state index is 12.9. The Morgan fingerprint density at radius 2 is 0.476 bits per heavy atom. The number of carbonyl (C=O) groups is 3. The van der Waals surface area contributed by atoms with Crippen LogP contribution < -0.4 is 0 Å². The Kier molecular flexibility index (Phi) is 67.6. The Morgan fingerprint density at radius 3 is 0.744 bits per heavy atom. The van der Waals surface area contributed by atoms with E-state index in [-0.39, 0.29) is 31.1 Å². The van der Waals surface area contributed by atoms with Gasteiger partial charge in [0.1, 0.15) is 13.2 Å². The molecule has 0 spiro atoms. The number of hydrogen-bond donors (Lipinski definition) is 0. The lowest BCUT2D eigenvalue weighted by Gasteiger charge is -2.18.